The van der Waals surface area contributed by atoms with E-state index in [1.54, 1.807) is 23.5 Å². The number of hydrogen-bond donors (Lipinski definition) is 1. The monoisotopic (exact) mass is 369 g/mol. The van der Waals surface area contributed by atoms with Crippen molar-refractivity contribution < 1.29 is 4.79 Å². The molecule has 1 N–H and O–H groups in total. The average molecular weight is 370 g/mol. The molecule has 0 spiro atoms. The number of aromatic nitrogens is 1. The predicted molar refractivity (Wildman–Crippen MR) is 95.7 cm³/mol. The molecule has 7 heteroatoms. The lowest BCUT2D eigenvalue weighted by atomic mass is 10.1. The predicted octanol–water partition coefficient (Wildman–Crippen LogP) is 3.78. The van der Waals surface area contributed by atoms with Gasteiger partial charge in [0, 0.05) is 47.2 Å². The van der Waals surface area contributed by atoms with Gasteiger partial charge in [0.15, 0.2) is 5.13 Å². The number of thiazole rings is 1. The van der Waals surface area contributed by atoms with Gasteiger partial charge in [-0.05, 0) is 30.5 Å². The number of halogens is 2. The molecule has 1 atom stereocenters. The van der Waals surface area contributed by atoms with Gasteiger partial charge in [0.25, 0.3) is 0 Å². The molecule has 1 amide bonds. The van der Waals surface area contributed by atoms with Crippen molar-refractivity contribution >= 4 is 45.6 Å². The highest BCUT2D eigenvalue weighted by atomic mass is 35.5. The fourth-order valence-electron chi connectivity index (χ4n) is 2.70. The highest BCUT2D eigenvalue weighted by Gasteiger charge is 2.25. The van der Waals surface area contributed by atoms with Crippen LogP contribution in [0, 0.1) is 0 Å². The van der Waals surface area contributed by atoms with E-state index in [1.807, 2.05) is 17.6 Å². The Morgan fingerprint density at radius 1 is 1.43 bits per heavy atom. The van der Waals surface area contributed by atoms with E-state index in [0.29, 0.717) is 22.9 Å². The van der Waals surface area contributed by atoms with Crippen LogP contribution in [0.25, 0.3) is 0 Å². The van der Waals surface area contributed by atoms with E-state index < -0.39 is 0 Å². The first-order valence-electron chi connectivity index (χ1n) is 7.49. The summed E-state index contributed by atoms with van der Waals surface area (Å²) in [4.78, 5) is 18.7. The Kier molecular flexibility index (Phi) is 5.41. The van der Waals surface area contributed by atoms with E-state index in [4.69, 9.17) is 23.2 Å². The molecule has 0 aliphatic carbocycles. The second kappa shape index (κ2) is 7.51. The van der Waals surface area contributed by atoms with Crippen LogP contribution in [0.2, 0.25) is 10.0 Å². The van der Waals surface area contributed by atoms with Gasteiger partial charge in [0.2, 0.25) is 5.91 Å². The summed E-state index contributed by atoms with van der Waals surface area (Å²) in [7, 11) is 0. The second-order valence-electron chi connectivity index (χ2n) is 5.55. The molecule has 1 aromatic carbocycles. The summed E-state index contributed by atoms with van der Waals surface area (Å²) in [6.45, 7) is 1.75. The first-order valence-corrected chi connectivity index (χ1v) is 9.13. The summed E-state index contributed by atoms with van der Waals surface area (Å²) in [5, 5.41) is 7.31. The van der Waals surface area contributed by atoms with E-state index in [0.717, 1.165) is 30.2 Å². The number of rotatable bonds is 5. The van der Waals surface area contributed by atoms with Gasteiger partial charge >= 0.3 is 0 Å². The first kappa shape index (κ1) is 16.6. The van der Waals surface area contributed by atoms with E-state index in [-0.39, 0.29) is 11.9 Å². The van der Waals surface area contributed by atoms with Gasteiger partial charge < -0.3 is 10.2 Å². The number of nitrogens with one attached hydrogen (secondary N) is 1. The van der Waals surface area contributed by atoms with Crippen LogP contribution in [0.5, 0.6) is 0 Å². The summed E-state index contributed by atoms with van der Waals surface area (Å²) in [5.41, 5.74) is 0.946. The summed E-state index contributed by atoms with van der Waals surface area (Å²) in [5.74, 6) is 0.0574. The molecular weight excluding hydrogens is 353 g/mol. The van der Waals surface area contributed by atoms with Gasteiger partial charge in [0.05, 0.1) is 0 Å². The van der Waals surface area contributed by atoms with Crippen LogP contribution in [-0.4, -0.2) is 30.0 Å². The molecule has 4 nitrogen and oxygen atoms in total. The quantitative estimate of drug-likeness (QED) is 0.871. The SMILES string of the molecule is O=C(CCc1ccc(Cl)cc1Cl)NC1CCN(c2nccs2)C1. The summed E-state index contributed by atoms with van der Waals surface area (Å²) < 4.78 is 0. The molecular formula is C16H17Cl2N3OS. The lowest BCUT2D eigenvalue weighted by molar-refractivity contribution is -0.121. The number of aryl methyl sites for hydroxylation is 1. The fraction of sp³-hybridized carbons (Fsp3) is 0.375. The molecule has 1 aliphatic rings. The molecule has 1 unspecified atom stereocenters. The number of amides is 1. The lowest BCUT2D eigenvalue weighted by Gasteiger charge is -2.16. The maximum Gasteiger partial charge on any atom is 0.220 e. The molecule has 0 saturated carbocycles. The third-order valence-electron chi connectivity index (χ3n) is 3.88. The molecule has 3 rings (SSSR count). The molecule has 2 aromatic rings. The van der Waals surface area contributed by atoms with Gasteiger partial charge in [-0.15, -0.1) is 11.3 Å². The van der Waals surface area contributed by atoms with Crippen molar-refractivity contribution in [3.8, 4) is 0 Å². The van der Waals surface area contributed by atoms with Crippen LogP contribution in [0.3, 0.4) is 0 Å². The van der Waals surface area contributed by atoms with Crippen LogP contribution < -0.4 is 10.2 Å². The zero-order valence-electron chi connectivity index (χ0n) is 12.5. The van der Waals surface area contributed by atoms with Crippen LogP contribution >= 0.6 is 34.5 Å². The summed E-state index contributed by atoms with van der Waals surface area (Å²) >= 11 is 13.6. The van der Waals surface area contributed by atoms with Crippen molar-refractivity contribution in [3.63, 3.8) is 0 Å². The highest BCUT2D eigenvalue weighted by molar-refractivity contribution is 7.13. The number of carbonyl (C=O) groups excluding carboxylic acids is 1. The van der Waals surface area contributed by atoms with Crippen molar-refractivity contribution in [2.45, 2.75) is 25.3 Å². The van der Waals surface area contributed by atoms with E-state index in [2.05, 4.69) is 15.2 Å². The smallest absolute Gasteiger partial charge is 0.220 e. The Morgan fingerprint density at radius 3 is 3.04 bits per heavy atom. The standard InChI is InChI=1S/C16H17Cl2N3OS/c17-12-3-1-11(14(18)9-12)2-4-15(22)20-13-5-7-21(10-13)16-19-6-8-23-16/h1,3,6,8-9,13H,2,4-5,7,10H2,(H,20,22). The van der Waals surface area contributed by atoms with E-state index in [9.17, 15) is 4.79 Å². The number of benzene rings is 1. The summed E-state index contributed by atoms with van der Waals surface area (Å²) in [6, 6.07) is 5.56. The largest absolute Gasteiger partial charge is 0.352 e. The molecule has 1 fully saturated rings. The van der Waals surface area contributed by atoms with Gasteiger partial charge in [-0.2, -0.15) is 0 Å². The van der Waals surface area contributed by atoms with Gasteiger partial charge in [0.1, 0.15) is 0 Å². The van der Waals surface area contributed by atoms with Crippen LogP contribution in [0.15, 0.2) is 29.8 Å². The van der Waals surface area contributed by atoms with Gasteiger partial charge in [-0.1, -0.05) is 29.3 Å². The van der Waals surface area contributed by atoms with E-state index >= 15 is 0 Å². The topological polar surface area (TPSA) is 45.2 Å². The molecule has 1 aromatic heterocycles. The second-order valence-corrected chi connectivity index (χ2v) is 7.27. The summed E-state index contributed by atoms with van der Waals surface area (Å²) in [6.07, 6.45) is 3.80. The lowest BCUT2D eigenvalue weighted by Crippen LogP contribution is -2.37. The third-order valence-corrected chi connectivity index (χ3v) is 5.30. The van der Waals surface area contributed by atoms with Crippen molar-refractivity contribution in [2.75, 3.05) is 18.0 Å². The zero-order chi connectivity index (χ0) is 16.2. The number of nitrogens with zero attached hydrogens (tertiary/aromatic N) is 2. The zero-order valence-corrected chi connectivity index (χ0v) is 14.8. The average Bonchev–Trinajstić information content (AvgIpc) is 3.17. The Balaban J connectivity index is 1.46. The number of hydrogen-bond acceptors (Lipinski definition) is 4. The minimum absolute atomic E-state index is 0.0574. The first-order chi connectivity index (χ1) is 11.1. The van der Waals surface area contributed by atoms with Crippen LogP contribution in [0.4, 0.5) is 5.13 Å². The maximum atomic E-state index is 12.1. The number of carbonyl (C=O) groups is 1. The Morgan fingerprint density at radius 2 is 2.30 bits per heavy atom. The Hall–Kier alpha value is -1.30. The molecule has 122 valence electrons. The van der Waals surface area contributed by atoms with Gasteiger partial charge in [-0.3, -0.25) is 4.79 Å². The van der Waals surface area contributed by atoms with Crippen molar-refractivity contribution in [1.82, 2.24) is 10.3 Å². The van der Waals surface area contributed by atoms with Gasteiger partial charge in [-0.25, -0.2) is 4.98 Å². The molecule has 0 bridgehead atoms. The molecule has 23 heavy (non-hydrogen) atoms. The van der Waals surface area contributed by atoms with Crippen molar-refractivity contribution in [2.24, 2.45) is 0 Å². The normalized spacial score (nSPS) is 17.5. The Labute approximate surface area is 149 Å². The molecule has 1 aliphatic heterocycles. The third kappa shape index (κ3) is 4.37. The molecule has 1 saturated heterocycles. The van der Waals surface area contributed by atoms with Crippen LogP contribution in [-0.2, 0) is 11.2 Å². The van der Waals surface area contributed by atoms with Crippen LogP contribution in [0.1, 0.15) is 18.4 Å². The van der Waals surface area contributed by atoms with Crippen molar-refractivity contribution in [1.29, 1.82) is 0 Å². The minimum atomic E-state index is 0.0574. The maximum absolute atomic E-state index is 12.1. The minimum Gasteiger partial charge on any atom is -0.352 e. The molecule has 2 heterocycles. The fourth-order valence-corrected chi connectivity index (χ4v) is 3.88. The van der Waals surface area contributed by atoms with Crippen molar-refractivity contribution in [3.05, 3.63) is 45.4 Å². The van der Waals surface area contributed by atoms with E-state index in [1.165, 1.54) is 0 Å². The Bertz CT molecular complexity index is 678. The number of anilines is 1. The highest BCUT2D eigenvalue weighted by Crippen LogP contribution is 2.23. The molecule has 0 radical (unpaired) electrons.